The molecule has 1 amide bonds. The van der Waals surface area contributed by atoms with Crippen molar-refractivity contribution in [3.05, 3.63) is 107 Å². The second-order valence-electron chi connectivity index (χ2n) is 7.19. The SMILES string of the molecule is COc1ccc(C)cc1-n1ccc(C(=O)NC(c2cccnc2)c2ccc(F)c(F)c2)n1. The molecule has 0 aliphatic heterocycles. The van der Waals surface area contributed by atoms with Crippen LogP contribution < -0.4 is 10.1 Å². The number of benzene rings is 2. The maximum atomic E-state index is 13.9. The molecule has 0 spiro atoms. The highest BCUT2D eigenvalue weighted by Crippen LogP contribution is 2.25. The number of pyridine rings is 1. The van der Waals surface area contributed by atoms with Crippen molar-refractivity contribution in [2.75, 3.05) is 7.11 Å². The van der Waals surface area contributed by atoms with Gasteiger partial charge in [0.1, 0.15) is 11.4 Å². The van der Waals surface area contributed by atoms with Gasteiger partial charge in [0.05, 0.1) is 13.2 Å². The number of carbonyl (C=O) groups is 1. The number of hydrogen-bond donors (Lipinski definition) is 1. The van der Waals surface area contributed by atoms with Gasteiger partial charge < -0.3 is 10.1 Å². The Bertz CT molecular complexity index is 1260. The van der Waals surface area contributed by atoms with Gasteiger partial charge in [-0.05, 0) is 60.0 Å². The Morgan fingerprint density at radius 1 is 1.06 bits per heavy atom. The van der Waals surface area contributed by atoms with Crippen LogP contribution in [0.15, 0.2) is 73.2 Å². The van der Waals surface area contributed by atoms with Crippen LogP contribution in [0, 0.1) is 18.6 Å². The summed E-state index contributed by atoms with van der Waals surface area (Å²) >= 11 is 0. The number of halogens is 2. The van der Waals surface area contributed by atoms with Gasteiger partial charge in [-0.3, -0.25) is 9.78 Å². The summed E-state index contributed by atoms with van der Waals surface area (Å²) in [6, 6.07) is 13.4. The third-order valence-corrected chi connectivity index (χ3v) is 4.97. The highest BCUT2D eigenvalue weighted by molar-refractivity contribution is 5.92. The smallest absolute Gasteiger partial charge is 0.272 e. The first-order valence-corrected chi connectivity index (χ1v) is 9.82. The molecule has 0 aliphatic rings. The lowest BCUT2D eigenvalue weighted by Crippen LogP contribution is -2.30. The number of aromatic nitrogens is 3. The Balaban J connectivity index is 1.65. The maximum Gasteiger partial charge on any atom is 0.272 e. The highest BCUT2D eigenvalue weighted by atomic mass is 19.2. The summed E-state index contributed by atoms with van der Waals surface area (Å²) in [6.07, 6.45) is 4.80. The van der Waals surface area contributed by atoms with E-state index in [1.807, 2.05) is 25.1 Å². The fourth-order valence-corrected chi connectivity index (χ4v) is 3.36. The van der Waals surface area contributed by atoms with Gasteiger partial charge in [0, 0.05) is 18.6 Å². The molecule has 2 aromatic heterocycles. The molecule has 0 saturated carbocycles. The van der Waals surface area contributed by atoms with E-state index in [9.17, 15) is 13.6 Å². The average Bonchev–Trinajstić information content (AvgIpc) is 3.30. The number of methoxy groups -OCH3 is 1. The number of rotatable bonds is 6. The van der Waals surface area contributed by atoms with Crippen molar-refractivity contribution < 1.29 is 18.3 Å². The second-order valence-corrected chi connectivity index (χ2v) is 7.19. The van der Waals surface area contributed by atoms with Crippen LogP contribution in [-0.2, 0) is 0 Å². The fourth-order valence-electron chi connectivity index (χ4n) is 3.36. The molecule has 8 heteroatoms. The molecule has 2 heterocycles. The van der Waals surface area contributed by atoms with E-state index in [-0.39, 0.29) is 5.69 Å². The van der Waals surface area contributed by atoms with E-state index >= 15 is 0 Å². The predicted octanol–water partition coefficient (Wildman–Crippen LogP) is 4.38. The van der Waals surface area contributed by atoms with Crippen molar-refractivity contribution >= 4 is 5.91 Å². The number of hydrogen-bond acceptors (Lipinski definition) is 4. The average molecular weight is 434 g/mol. The van der Waals surface area contributed by atoms with Gasteiger partial charge in [-0.2, -0.15) is 5.10 Å². The minimum atomic E-state index is -0.999. The van der Waals surface area contributed by atoms with Crippen molar-refractivity contribution in [2.24, 2.45) is 0 Å². The van der Waals surface area contributed by atoms with Crippen LogP contribution in [0.3, 0.4) is 0 Å². The number of carbonyl (C=O) groups excluding carboxylic acids is 1. The molecule has 2 aromatic carbocycles. The third kappa shape index (κ3) is 4.34. The first-order valence-electron chi connectivity index (χ1n) is 9.82. The van der Waals surface area contributed by atoms with Crippen LogP contribution in [0.2, 0.25) is 0 Å². The monoisotopic (exact) mass is 434 g/mol. The molecule has 1 N–H and O–H groups in total. The van der Waals surface area contributed by atoms with E-state index in [1.165, 1.54) is 6.07 Å². The number of nitrogens with one attached hydrogen (secondary N) is 1. The Kier molecular flexibility index (Phi) is 5.93. The summed E-state index contributed by atoms with van der Waals surface area (Å²) in [5, 5.41) is 7.22. The zero-order valence-corrected chi connectivity index (χ0v) is 17.4. The summed E-state index contributed by atoms with van der Waals surface area (Å²) in [5.41, 5.74) is 2.86. The van der Waals surface area contributed by atoms with Gasteiger partial charge >= 0.3 is 0 Å². The van der Waals surface area contributed by atoms with E-state index in [0.29, 0.717) is 22.6 Å². The number of aryl methyl sites for hydroxylation is 1. The van der Waals surface area contributed by atoms with Gasteiger partial charge in [0.2, 0.25) is 0 Å². The lowest BCUT2D eigenvalue weighted by atomic mass is 9.99. The predicted molar refractivity (Wildman–Crippen MR) is 115 cm³/mol. The largest absolute Gasteiger partial charge is 0.494 e. The van der Waals surface area contributed by atoms with Crippen LogP contribution in [-0.4, -0.2) is 27.8 Å². The summed E-state index contributed by atoms with van der Waals surface area (Å²) in [5.74, 6) is -1.83. The Morgan fingerprint density at radius 3 is 2.62 bits per heavy atom. The molecule has 0 aliphatic carbocycles. The molecule has 32 heavy (non-hydrogen) atoms. The van der Waals surface area contributed by atoms with E-state index in [4.69, 9.17) is 4.74 Å². The molecule has 6 nitrogen and oxygen atoms in total. The topological polar surface area (TPSA) is 69.0 Å². The van der Waals surface area contributed by atoms with Crippen LogP contribution in [0.25, 0.3) is 5.69 Å². The Labute approximate surface area is 183 Å². The van der Waals surface area contributed by atoms with E-state index in [0.717, 1.165) is 17.7 Å². The molecule has 4 rings (SSSR count). The van der Waals surface area contributed by atoms with Crippen LogP contribution >= 0.6 is 0 Å². The molecular weight excluding hydrogens is 414 g/mol. The van der Waals surface area contributed by atoms with Gasteiger partial charge in [0.15, 0.2) is 17.3 Å². The molecule has 1 atom stereocenters. The summed E-state index contributed by atoms with van der Waals surface area (Å²) in [7, 11) is 1.56. The summed E-state index contributed by atoms with van der Waals surface area (Å²) < 4.78 is 34.3. The van der Waals surface area contributed by atoms with Gasteiger partial charge in [-0.1, -0.05) is 18.2 Å². The maximum absolute atomic E-state index is 13.9. The number of nitrogens with zero attached hydrogens (tertiary/aromatic N) is 3. The van der Waals surface area contributed by atoms with Crippen molar-refractivity contribution in [1.82, 2.24) is 20.1 Å². The van der Waals surface area contributed by atoms with Gasteiger partial charge in [0.25, 0.3) is 5.91 Å². The van der Waals surface area contributed by atoms with Crippen molar-refractivity contribution in [1.29, 1.82) is 0 Å². The van der Waals surface area contributed by atoms with Crippen molar-refractivity contribution in [2.45, 2.75) is 13.0 Å². The standard InChI is InChI=1S/C24H20F2N4O2/c1-15-5-8-22(32-2)21(12-15)30-11-9-20(29-30)24(31)28-23(17-4-3-10-27-14-17)16-6-7-18(25)19(26)13-16/h3-14,23H,1-2H3,(H,28,31). The molecule has 0 bridgehead atoms. The molecule has 1 unspecified atom stereocenters. The number of ether oxygens (including phenoxy) is 1. The van der Waals surface area contributed by atoms with Crippen LogP contribution in [0.4, 0.5) is 8.78 Å². The van der Waals surface area contributed by atoms with Crippen molar-refractivity contribution in [3.8, 4) is 11.4 Å². The summed E-state index contributed by atoms with van der Waals surface area (Å²) in [6.45, 7) is 1.94. The molecule has 162 valence electrons. The highest BCUT2D eigenvalue weighted by Gasteiger charge is 2.21. The lowest BCUT2D eigenvalue weighted by Gasteiger charge is -2.19. The first-order chi connectivity index (χ1) is 15.5. The first kappa shape index (κ1) is 21.2. The third-order valence-electron chi connectivity index (χ3n) is 4.97. The quantitative estimate of drug-likeness (QED) is 0.489. The van der Waals surface area contributed by atoms with Crippen LogP contribution in [0.5, 0.6) is 5.75 Å². The molecular formula is C24H20F2N4O2. The minimum absolute atomic E-state index is 0.157. The molecule has 0 saturated heterocycles. The fraction of sp³-hybridized carbons (Fsp3) is 0.125. The zero-order chi connectivity index (χ0) is 22.7. The lowest BCUT2D eigenvalue weighted by molar-refractivity contribution is 0.0937. The van der Waals surface area contributed by atoms with Crippen LogP contribution in [0.1, 0.15) is 33.2 Å². The van der Waals surface area contributed by atoms with Gasteiger partial charge in [-0.15, -0.1) is 0 Å². The molecule has 4 aromatic rings. The minimum Gasteiger partial charge on any atom is -0.494 e. The van der Waals surface area contributed by atoms with Crippen molar-refractivity contribution in [3.63, 3.8) is 0 Å². The van der Waals surface area contributed by atoms with E-state index < -0.39 is 23.6 Å². The molecule has 0 radical (unpaired) electrons. The Morgan fingerprint density at radius 2 is 1.91 bits per heavy atom. The normalized spacial score (nSPS) is 11.8. The summed E-state index contributed by atoms with van der Waals surface area (Å²) in [4.78, 5) is 17.1. The zero-order valence-electron chi connectivity index (χ0n) is 17.4. The van der Waals surface area contributed by atoms with E-state index in [1.54, 1.807) is 48.6 Å². The number of amides is 1. The molecule has 0 fully saturated rings. The van der Waals surface area contributed by atoms with E-state index in [2.05, 4.69) is 15.4 Å². The van der Waals surface area contributed by atoms with Gasteiger partial charge in [-0.25, -0.2) is 13.5 Å². The second kappa shape index (κ2) is 8.97. The Hall–Kier alpha value is -4.07.